The largest absolute Gasteiger partial charge is 0.492 e. The van der Waals surface area contributed by atoms with Crippen molar-refractivity contribution >= 4 is 21.6 Å². The van der Waals surface area contributed by atoms with Crippen LogP contribution in [0.1, 0.15) is 24.5 Å². The van der Waals surface area contributed by atoms with Gasteiger partial charge in [-0.05, 0) is 43.0 Å². The minimum Gasteiger partial charge on any atom is -0.492 e. The molecule has 0 atom stereocenters. The van der Waals surface area contributed by atoms with E-state index in [0.717, 1.165) is 17.5 Å². The molecule has 0 radical (unpaired) electrons. The summed E-state index contributed by atoms with van der Waals surface area (Å²) in [5.41, 5.74) is 1.86. The van der Waals surface area contributed by atoms with Gasteiger partial charge in [-0.3, -0.25) is 0 Å². The van der Waals surface area contributed by atoms with E-state index in [-0.39, 0.29) is 4.90 Å². The van der Waals surface area contributed by atoms with Crippen molar-refractivity contribution < 1.29 is 13.2 Å². The Kier molecular flexibility index (Phi) is 6.66. The van der Waals surface area contributed by atoms with Crippen LogP contribution < -0.4 is 9.46 Å². The summed E-state index contributed by atoms with van der Waals surface area (Å²) in [6.45, 7) is 4.55. The summed E-state index contributed by atoms with van der Waals surface area (Å²) in [6.07, 6.45) is 1.41. The van der Waals surface area contributed by atoms with Crippen molar-refractivity contribution in [3.63, 3.8) is 0 Å². The molecule has 0 heterocycles. The van der Waals surface area contributed by atoms with Gasteiger partial charge in [-0.2, -0.15) is 0 Å². The Morgan fingerprint density at radius 2 is 1.88 bits per heavy atom. The van der Waals surface area contributed by atoms with Crippen LogP contribution in [0.25, 0.3) is 0 Å². The van der Waals surface area contributed by atoms with Gasteiger partial charge in [0.2, 0.25) is 10.0 Å². The number of rotatable bonds is 8. The van der Waals surface area contributed by atoms with Crippen molar-refractivity contribution in [3.05, 3.63) is 58.6 Å². The molecule has 0 aromatic heterocycles. The zero-order valence-corrected chi connectivity index (χ0v) is 15.5. The molecule has 0 unspecified atom stereocenters. The monoisotopic (exact) mass is 367 g/mol. The van der Waals surface area contributed by atoms with Crippen LogP contribution in [-0.2, 0) is 16.4 Å². The van der Waals surface area contributed by atoms with E-state index in [9.17, 15) is 8.42 Å². The first-order valence-electron chi connectivity index (χ1n) is 7.90. The van der Waals surface area contributed by atoms with Crippen LogP contribution in [0, 0.1) is 6.92 Å². The fourth-order valence-corrected chi connectivity index (χ4v) is 3.63. The van der Waals surface area contributed by atoms with Gasteiger partial charge in [0.1, 0.15) is 10.6 Å². The van der Waals surface area contributed by atoms with E-state index in [0.29, 0.717) is 30.3 Å². The first kappa shape index (κ1) is 18.8. The molecular weight excluding hydrogens is 346 g/mol. The molecule has 2 aromatic rings. The van der Waals surface area contributed by atoms with Crippen LogP contribution in [0.15, 0.2) is 47.4 Å². The molecule has 4 nitrogen and oxygen atoms in total. The molecule has 2 aromatic carbocycles. The SMILES string of the molecule is CCCOc1cc(C)c(Cl)cc1S(=O)(=O)NCCc1ccccc1. The van der Waals surface area contributed by atoms with Gasteiger partial charge >= 0.3 is 0 Å². The molecule has 0 aliphatic rings. The van der Waals surface area contributed by atoms with Gasteiger partial charge in [-0.25, -0.2) is 13.1 Å². The Morgan fingerprint density at radius 1 is 1.17 bits per heavy atom. The second-order valence-electron chi connectivity index (χ2n) is 5.53. The van der Waals surface area contributed by atoms with Gasteiger partial charge in [0, 0.05) is 11.6 Å². The molecular formula is C18H22ClNO3S. The third-order valence-corrected chi connectivity index (χ3v) is 5.41. The van der Waals surface area contributed by atoms with E-state index >= 15 is 0 Å². The van der Waals surface area contributed by atoms with E-state index in [2.05, 4.69) is 4.72 Å². The number of ether oxygens (including phenoxy) is 1. The van der Waals surface area contributed by atoms with Crippen molar-refractivity contribution in [2.45, 2.75) is 31.6 Å². The number of aryl methyl sites for hydroxylation is 1. The summed E-state index contributed by atoms with van der Waals surface area (Å²) < 4.78 is 33.5. The lowest BCUT2D eigenvalue weighted by Gasteiger charge is -2.14. The Labute approximate surface area is 148 Å². The van der Waals surface area contributed by atoms with Crippen LogP contribution in [0.3, 0.4) is 0 Å². The van der Waals surface area contributed by atoms with Gasteiger partial charge in [0.05, 0.1) is 6.61 Å². The van der Waals surface area contributed by atoms with Gasteiger partial charge in [-0.15, -0.1) is 0 Å². The fraction of sp³-hybridized carbons (Fsp3) is 0.333. The second-order valence-corrected chi connectivity index (χ2v) is 7.67. The molecule has 0 bridgehead atoms. The molecule has 130 valence electrons. The predicted molar refractivity (Wildman–Crippen MR) is 97.3 cm³/mol. The van der Waals surface area contributed by atoms with Gasteiger partial charge in [0.15, 0.2) is 0 Å². The summed E-state index contributed by atoms with van der Waals surface area (Å²) in [5, 5.41) is 0.405. The number of hydrogen-bond donors (Lipinski definition) is 1. The molecule has 0 saturated carbocycles. The summed E-state index contributed by atoms with van der Waals surface area (Å²) in [4.78, 5) is 0.0830. The lowest BCUT2D eigenvalue weighted by molar-refractivity contribution is 0.309. The average molecular weight is 368 g/mol. The Morgan fingerprint density at radius 3 is 2.54 bits per heavy atom. The number of sulfonamides is 1. The van der Waals surface area contributed by atoms with Crippen molar-refractivity contribution in [3.8, 4) is 5.75 Å². The first-order chi connectivity index (χ1) is 11.4. The summed E-state index contributed by atoms with van der Waals surface area (Å²) in [5.74, 6) is 0.339. The van der Waals surface area contributed by atoms with Crippen molar-refractivity contribution in [2.75, 3.05) is 13.2 Å². The average Bonchev–Trinajstić information content (AvgIpc) is 2.56. The molecule has 0 saturated heterocycles. The molecule has 0 fully saturated rings. The van der Waals surface area contributed by atoms with Crippen LogP contribution in [-0.4, -0.2) is 21.6 Å². The fourth-order valence-electron chi connectivity index (χ4n) is 2.22. The molecule has 1 N–H and O–H groups in total. The van der Waals surface area contributed by atoms with Crippen molar-refractivity contribution in [2.24, 2.45) is 0 Å². The van der Waals surface area contributed by atoms with E-state index in [1.165, 1.54) is 6.07 Å². The molecule has 0 aliphatic heterocycles. The van der Waals surface area contributed by atoms with Crippen molar-refractivity contribution in [1.29, 1.82) is 0 Å². The van der Waals surface area contributed by atoms with E-state index in [1.54, 1.807) is 6.07 Å². The first-order valence-corrected chi connectivity index (χ1v) is 9.76. The van der Waals surface area contributed by atoms with E-state index in [1.807, 2.05) is 44.2 Å². The zero-order chi connectivity index (χ0) is 17.6. The highest BCUT2D eigenvalue weighted by Crippen LogP contribution is 2.30. The third-order valence-electron chi connectivity index (χ3n) is 3.52. The quantitative estimate of drug-likeness (QED) is 0.768. The molecule has 6 heteroatoms. The lowest BCUT2D eigenvalue weighted by Crippen LogP contribution is -2.26. The summed E-state index contributed by atoms with van der Waals surface area (Å²) in [6, 6.07) is 12.8. The highest BCUT2D eigenvalue weighted by molar-refractivity contribution is 7.89. The minimum atomic E-state index is -3.69. The normalized spacial score (nSPS) is 11.5. The maximum atomic E-state index is 12.6. The van der Waals surface area contributed by atoms with Crippen LogP contribution in [0.5, 0.6) is 5.75 Å². The zero-order valence-electron chi connectivity index (χ0n) is 13.9. The number of hydrogen-bond acceptors (Lipinski definition) is 3. The lowest BCUT2D eigenvalue weighted by atomic mass is 10.2. The standard InChI is InChI=1S/C18H22ClNO3S/c1-3-11-23-17-12-14(2)16(19)13-18(17)24(21,22)20-10-9-15-7-5-4-6-8-15/h4-8,12-13,20H,3,9-11H2,1-2H3. The third kappa shape index (κ3) is 4.97. The highest BCUT2D eigenvalue weighted by Gasteiger charge is 2.21. The van der Waals surface area contributed by atoms with Crippen LogP contribution in [0.4, 0.5) is 0 Å². The Balaban J connectivity index is 2.16. The van der Waals surface area contributed by atoms with E-state index in [4.69, 9.17) is 16.3 Å². The number of benzene rings is 2. The van der Waals surface area contributed by atoms with Crippen molar-refractivity contribution in [1.82, 2.24) is 4.72 Å². The molecule has 0 aliphatic carbocycles. The van der Waals surface area contributed by atoms with Crippen LogP contribution in [0.2, 0.25) is 5.02 Å². The Bertz CT molecular complexity index is 776. The maximum absolute atomic E-state index is 12.6. The summed E-state index contributed by atoms with van der Waals surface area (Å²) >= 11 is 6.11. The molecule has 0 spiro atoms. The highest BCUT2D eigenvalue weighted by atomic mass is 35.5. The molecule has 0 amide bonds. The predicted octanol–water partition coefficient (Wildman–Crippen LogP) is 3.96. The van der Waals surface area contributed by atoms with Gasteiger partial charge in [0.25, 0.3) is 0 Å². The smallest absolute Gasteiger partial charge is 0.244 e. The number of halogens is 1. The van der Waals surface area contributed by atoms with Gasteiger partial charge in [-0.1, -0.05) is 48.9 Å². The molecule has 24 heavy (non-hydrogen) atoms. The Hall–Kier alpha value is -1.56. The second kappa shape index (κ2) is 8.51. The molecule has 2 rings (SSSR count). The minimum absolute atomic E-state index is 0.0830. The number of nitrogens with one attached hydrogen (secondary N) is 1. The van der Waals surface area contributed by atoms with Crippen LogP contribution >= 0.6 is 11.6 Å². The van der Waals surface area contributed by atoms with E-state index < -0.39 is 10.0 Å². The topological polar surface area (TPSA) is 55.4 Å². The van der Waals surface area contributed by atoms with Gasteiger partial charge < -0.3 is 4.74 Å². The summed E-state index contributed by atoms with van der Waals surface area (Å²) in [7, 11) is -3.69. The maximum Gasteiger partial charge on any atom is 0.244 e.